The Labute approximate surface area is 82.5 Å². The fourth-order valence-corrected chi connectivity index (χ4v) is 2.07. The van der Waals surface area contributed by atoms with Crippen molar-refractivity contribution in [2.24, 2.45) is 0 Å². The van der Waals surface area contributed by atoms with Crippen LogP contribution in [0.3, 0.4) is 0 Å². The highest BCUT2D eigenvalue weighted by Crippen LogP contribution is 2.18. The van der Waals surface area contributed by atoms with E-state index in [0.717, 1.165) is 12.1 Å². The lowest BCUT2D eigenvalue weighted by Crippen LogP contribution is -2.42. The first-order valence-electron chi connectivity index (χ1n) is 5.69. The van der Waals surface area contributed by atoms with Crippen molar-refractivity contribution in [2.45, 2.75) is 64.1 Å². The first-order chi connectivity index (χ1) is 6.26. The molecule has 1 rings (SSSR count). The van der Waals surface area contributed by atoms with Crippen molar-refractivity contribution < 1.29 is 0 Å². The number of nitrogens with one attached hydrogen (secondary N) is 2. The highest BCUT2D eigenvalue weighted by atomic mass is 15.0. The molecule has 0 bridgehead atoms. The zero-order chi connectivity index (χ0) is 9.68. The molecule has 78 valence electrons. The maximum Gasteiger partial charge on any atom is 0.00706 e. The first-order valence-corrected chi connectivity index (χ1v) is 5.69. The van der Waals surface area contributed by atoms with Crippen molar-refractivity contribution in [3.63, 3.8) is 0 Å². The van der Waals surface area contributed by atoms with Gasteiger partial charge in [0.25, 0.3) is 0 Å². The SMILES string of the molecule is CCC(C)NC1CCC(NC)CC1. The van der Waals surface area contributed by atoms with Crippen LogP contribution in [0.15, 0.2) is 0 Å². The van der Waals surface area contributed by atoms with E-state index < -0.39 is 0 Å². The normalized spacial score (nSPS) is 31.6. The van der Waals surface area contributed by atoms with Gasteiger partial charge in [-0.3, -0.25) is 0 Å². The highest BCUT2D eigenvalue weighted by molar-refractivity contribution is 4.81. The maximum atomic E-state index is 3.69. The summed E-state index contributed by atoms with van der Waals surface area (Å²) in [4.78, 5) is 0. The molecule has 1 aliphatic carbocycles. The van der Waals surface area contributed by atoms with E-state index in [1.807, 2.05) is 0 Å². The maximum absolute atomic E-state index is 3.69. The second-order valence-corrected chi connectivity index (χ2v) is 4.31. The number of rotatable bonds is 4. The zero-order valence-electron chi connectivity index (χ0n) is 9.27. The number of hydrogen-bond donors (Lipinski definition) is 2. The van der Waals surface area contributed by atoms with Gasteiger partial charge in [-0.1, -0.05) is 6.92 Å². The summed E-state index contributed by atoms with van der Waals surface area (Å²) < 4.78 is 0. The summed E-state index contributed by atoms with van der Waals surface area (Å²) in [6.45, 7) is 4.53. The van der Waals surface area contributed by atoms with Gasteiger partial charge in [-0.15, -0.1) is 0 Å². The van der Waals surface area contributed by atoms with Crippen LogP contribution >= 0.6 is 0 Å². The molecule has 0 radical (unpaired) electrons. The van der Waals surface area contributed by atoms with Crippen LogP contribution < -0.4 is 10.6 Å². The molecule has 0 spiro atoms. The van der Waals surface area contributed by atoms with Crippen LogP contribution in [0.5, 0.6) is 0 Å². The van der Waals surface area contributed by atoms with Crippen molar-refractivity contribution >= 4 is 0 Å². The fourth-order valence-electron chi connectivity index (χ4n) is 2.07. The summed E-state index contributed by atoms with van der Waals surface area (Å²) in [6.07, 6.45) is 6.60. The summed E-state index contributed by atoms with van der Waals surface area (Å²) in [7, 11) is 2.08. The van der Waals surface area contributed by atoms with Crippen molar-refractivity contribution in [1.29, 1.82) is 0 Å². The van der Waals surface area contributed by atoms with E-state index in [0.29, 0.717) is 6.04 Å². The summed E-state index contributed by atoms with van der Waals surface area (Å²) in [6, 6.07) is 2.24. The number of hydrogen-bond acceptors (Lipinski definition) is 2. The van der Waals surface area contributed by atoms with Crippen LogP contribution in [0.4, 0.5) is 0 Å². The summed E-state index contributed by atoms with van der Waals surface area (Å²) in [5.74, 6) is 0. The second kappa shape index (κ2) is 5.61. The van der Waals surface area contributed by atoms with E-state index in [-0.39, 0.29) is 0 Å². The van der Waals surface area contributed by atoms with Crippen molar-refractivity contribution in [3.8, 4) is 0 Å². The van der Waals surface area contributed by atoms with Crippen LogP contribution in [0.2, 0.25) is 0 Å². The molecule has 2 nitrogen and oxygen atoms in total. The fraction of sp³-hybridized carbons (Fsp3) is 1.00. The lowest BCUT2D eigenvalue weighted by atomic mass is 9.91. The smallest absolute Gasteiger partial charge is 0.00706 e. The molecule has 13 heavy (non-hydrogen) atoms. The standard InChI is InChI=1S/C11H24N2/c1-4-9(2)13-11-7-5-10(12-3)6-8-11/h9-13H,4-8H2,1-3H3. The molecule has 1 saturated carbocycles. The molecular weight excluding hydrogens is 160 g/mol. The minimum Gasteiger partial charge on any atom is -0.317 e. The van der Waals surface area contributed by atoms with Crippen LogP contribution in [-0.4, -0.2) is 25.2 Å². The highest BCUT2D eigenvalue weighted by Gasteiger charge is 2.20. The van der Waals surface area contributed by atoms with Gasteiger partial charge in [0, 0.05) is 18.1 Å². The summed E-state index contributed by atoms with van der Waals surface area (Å²) in [5, 5.41) is 7.05. The van der Waals surface area contributed by atoms with Gasteiger partial charge in [-0.25, -0.2) is 0 Å². The lowest BCUT2D eigenvalue weighted by Gasteiger charge is -2.30. The van der Waals surface area contributed by atoms with E-state index in [2.05, 4.69) is 31.5 Å². The van der Waals surface area contributed by atoms with Crippen LogP contribution in [0.1, 0.15) is 46.0 Å². The quantitative estimate of drug-likeness (QED) is 0.697. The van der Waals surface area contributed by atoms with Crippen molar-refractivity contribution in [2.75, 3.05) is 7.05 Å². The Kier molecular flexibility index (Phi) is 4.74. The third-order valence-electron chi connectivity index (χ3n) is 3.27. The van der Waals surface area contributed by atoms with Gasteiger partial charge in [-0.05, 0) is 46.1 Å². The molecule has 0 aromatic rings. The molecule has 0 aromatic carbocycles. The van der Waals surface area contributed by atoms with Crippen LogP contribution in [0.25, 0.3) is 0 Å². The van der Waals surface area contributed by atoms with Gasteiger partial charge >= 0.3 is 0 Å². The van der Waals surface area contributed by atoms with Gasteiger partial charge < -0.3 is 10.6 Å². The van der Waals surface area contributed by atoms with E-state index in [1.54, 1.807) is 0 Å². The molecule has 0 aromatic heterocycles. The molecule has 2 heteroatoms. The zero-order valence-corrected chi connectivity index (χ0v) is 9.27. The first kappa shape index (κ1) is 11.0. The Morgan fingerprint density at radius 1 is 1.15 bits per heavy atom. The van der Waals surface area contributed by atoms with E-state index in [9.17, 15) is 0 Å². The van der Waals surface area contributed by atoms with Crippen LogP contribution in [0, 0.1) is 0 Å². The molecule has 0 saturated heterocycles. The Morgan fingerprint density at radius 3 is 2.15 bits per heavy atom. The minimum absolute atomic E-state index is 0.691. The Morgan fingerprint density at radius 2 is 1.69 bits per heavy atom. The van der Waals surface area contributed by atoms with E-state index in [1.165, 1.54) is 32.1 Å². The largest absolute Gasteiger partial charge is 0.317 e. The van der Waals surface area contributed by atoms with Crippen LogP contribution in [-0.2, 0) is 0 Å². The van der Waals surface area contributed by atoms with Crippen molar-refractivity contribution in [1.82, 2.24) is 10.6 Å². The summed E-state index contributed by atoms with van der Waals surface area (Å²) >= 11 is 0. The monoisotopic (exact) mass is 184 g/mol. The minimum atomic E-state index is 0.691. The van der Waals surface area contributed by atoms with E-state index in [4.69, 9.17) is 0 Å². The molecule has 1 unspecified atom stereocenters. The third-order valence-corrected chi connectivity index (χ3v) is 3.27. The molecule has 0 amide bonds. The molecule has 1 fully saturated rings. The molecule has 1 atom stereocenters. The Hall–Kier alpha value is -0.0800. The van der Waals surface area contributed by atoms with Crippen molar-refractivity contribution in [3.05, 3.63) is 0 Å². The van der Waals surface area contributed by atoms with Gasteiger partial charge in [0.2, 0.25) is 0 Å². The molecular formula is C11H24N2. The predicted octanol–water partition coefficient (Wildman–Crippen LogP) is 1.91. The molecule has 0 aliphatic heterocycles. The predicted molar refractivity (Wildman–Crippen MR) is 58.0 cm³/mol. The molecule has 1 aliphatic rings. The third kappa shape index (κ3) is 3.65. The second-order valence-electron chi connectivity index (χ2n) is 4.31. The van der Waals surface area contributed by atoms with Gasteiger partial charge in [0.05, 0.1) is 0 Å². The lowest BCUT2D eigenvalue weighted by molar-refractivity contribution is 0.298. The van der Waals surface area contributed by atoms with Gasteiger partial charge in [-0.2, -0.15) is 0 Å². The Balaban J connectivity index is 2.17. The average Bonchev–Trinajstić information content (AvgIpc) is 2.19. The van der Waals surface area contributed by atoms with E-state index >= 15 is 0 Å². The van der Waals surface area contributed by atoms with Gasteiger partial charge in [0.1, 0.15) is 0 Å². The van der Waals surface area contributed by atoms with Gasteiger partial charge in [0.15, 0.2) is 0 Å². The Bertz CT molecular complexity index is 128. The summed E-state index contributed by atoms with van der Waals surface area (Å²) in [5.41, 5.74) is 0. The molecule has 2 N–H and O–H groups in total. The average molecular weight is 184 g/mol. The molecule has 0 heterocycles. The topological polar surface area (TPSA) is 24.1 Å².